The molecule has 0 aromatic carbocycles. The molecule has 0 spiro atoms. The van der Waals surface area contributed by atoms with E-state index in [-0.39, 0.29) is 12.5 Å². The Morgan fingerprint density at radius 2 is 1.94 bits per heavy atom. The van der Waals surface area contributed by atoms with E-state index in [9.17, 15) is 13.2 Å². The molecule has 1 atom stereocenters. The summed E-state index contributed by atoms with van der Waals surface area (Å²) < 4.78 is 41.3. The zero-order valence-electron chi connectivity index (χ0n) is 9.22. The van der Waals surface area contributed by atoms with Gasteiger partial charge in [0.05, 0.1) is 0 Å². The van der Waals surface area contributed by atoms with Gasteiger partial charge in [-0.05, 0) is 31.6 Å². The van der Waals surface area contributed by atoms with Gasteiger partial charge < -0.3 is 4.74 Å². The van der Waals surface area contributed by atoms with Gasteiger partial charge in [-0.15, -0.1) is 0 Å². The van der Waals surface area contributed by atoms with Gasteiger partial charge in [-0.1, -0.05) is 0 Å². The largest absolute Gasteiger partial charge is 0.389 e. The molecular formula is C10H19F3N2O. The predicted octanol–water partition coefficient (Wildman–Crippen LogP) is 1.98. The Hall–Kier alpha value is -0.330. The first-order valence-electron chi connectivity index (χ1n) is 5.62. The van der Waals surface area contributed by atoms with Gasteiger partial charge >= 0.3 is 6.18 Å². The number of rotatable bonds is 5. The zero-order chi connectivity index (χ0) is 12.0. The Kier molecular flexibility index (Phi) is 5.51. The van der Waals surface area contributed by atoms with Crippen molar-refractivity contribution in [2.45, 2.75) is 44.3 Å². The van der Waals surface area contributed by atoms with E-state index >= 15 is 0 Å². The maximum Gasteiger partial charge on any atom is 0.389 e. The molecule has 1 saturated heterocycles. The molecule has 0 aliphatic carbocycles. The lowest BCUT2D eigenvalue weighted by molar-refractivity contribution is -0.137. The van der Waals surface area contributed by atoms with Crippen molar-refractivity contribution in [1.82, 2.24) is 5.43 Å². The van der Waals surface area contributed by atoms with E-state index in [0.29, 0.717) is 25.6 Å². The normalized spacial score (nSPS) is 21.0. The maximum atomic E-state index is 12.0. The molecule has 1 rings (SSSR count). The average Bonchev–Trinajstić information content (AvgIpc) is 2.24. The lowest BCUT2D eigenvalue weighted by atomic mass is 9.91. The second kappa shape index (κ2) is 6.42. The van der Waals surface area contributed by atoms with Crippen molar-refractivity contribution in [2.75, 3.05) is 13.2 Å². The Bertz CT molecular complexity index is 193. The molecule has 16 heavy (non-hydrogen) atoms. The number of nitrogens with one attached hydrogen (secondary N) is 1. The SMILES string of the molecule is NNC(CCC(F)(F)F)CC1CCOCC1. The molecular weight excluding hydrogens is 221 g/mol. The van der Waals surface area contributed by atoms with Crippen LogP contribution < -0.4 is 11.3 Å². The number of nitrogens with two attached hydrogens (primary N) is 1. The van der Waals surface area contributed by atoms with Crippen molar-refractivity contribution in [3.05, 3.63) is 0 Å². The van der Waals surface area contributed by atoms with Crippen LogP contribution in [0.4, 0.5) is 13.2 Å². The minimum Gasteiger partial charge on any atom is -0.381 e. The molecule has 0 bridgehead atoms. The Morgan fingerprint density at radius 3 is 2.44 bits per heavy atom. The summed E-state index contributed by atoms with van der Waals surface area (Å²) in [4.78, 5) is 0. The fourth-order valence-corrected chi connectivity index (χ4v) is 1.99. The summed E-state index contributed by atoms with van der Waals surface area (Å²) in [6, 6.07) is -0.246. The van der Waals surface area contributed by atoms with Crippen molar-refractivity contribution in [3.8, 4) is 0 Å². The second-order valence-corrected chi connectivity index (χ2v) is 4.31. The number of hydrazine groups is 1. The van der Waals surface area contributed by atoms with Crippen LogP contribution in [-0.2, 0) is 4.74 Å². The molecule has 1 unspecified atom stereocenters. The summed E-state index contributed by atoms with van der Waals surface area (Å²) in [6.45, 7) is 1.42. The summed E-state index contributed by atoms with van der Waals surface area (Å²) in [5, 5.41) is 0. The number of ether oxygens (including phenoxy) is 1. The van der Waals surface area contributed by atoms with Gasteiger partial charge in [0.25, 0.3) is 0 Å². The number of hydrogen-bond acceptors (Lipinski definition) is 3. The minimum atomic E-state index is -4.09. The maximum absolute atomic E-state index is 12.0. The standard InChI is InChI=1S/C10H19F3N2O/c11-10(12,13)4-1-9(15-14)7-8-2-5-16-6-3-8/h8-9,15H,1-7,14H2. The van der Waals surface area contributed by atoms with Crippen LogP contribution in [0.2, 0.25) is 0 Å². The van der Waals surface area contributed by atoms with Crippen LogP contribution in [0.1, 0.15) is 32.1 Å². The minimum absolute atomic E-state index is 0.0529. The Morgan fingerprint density at radius 1 is 1.31 bits per heavy atom. The molecule has 6 heteroatoms. The molecule has 0 amide bonds. The van der Waals surface area contributed by atoms with E-state index in [4.69, 9.17) is 10.6 Å². The highest BCUT2D eigenvalue weighted by atomic mass is 19.4. The van der Waals surface area contributed by atoms with Crippen molar-refractivity contribution in [1.29, 1.82) is 0 Å². The summed E-state index contributed by atoms with van der Waals surface area (Å²) in [5.41, 5.74) is 2.48. The molecule has 3 nitrogen and oxygen atoms in total. The predicted molar refractivity (Wildman–Crippen MR) is 54.6 cm³/mol. The first-order chi connectivity index (χ1) is 7.51. The van der Waals surface area contributed by atoms with Crippen LogP contribution in [0, 0.1) is 5.92 Å². The molecule has 0 radical (unpaired) electrons. The highest BCUT2D eigenvalue weighted by Gasteiger charge is 2.29. The molecule has 96 valence electrons. The fraction of sp³-hybridized carbons (Fsp3) is 1.00. The van der Waals surface area contributed by atoms with Gasteiger partial charge in [-0.25, -0.2) is 0 Å². The van der Waals surface area contributed by atoms with E-state index < -0.39 is 12.6 Å². The molecule has 1 heterocycles. The average molecular weight is 240 g/mol. The van der Waals surface area contributed by atoms with E-state index in [0.717, 1.165) is 12.8 Å². The van der Waals surface area contributed by atoms with Crippen molar-refractivity contribution in [3.63, 3.8) is 0 Å². The highest BCUT2D eigenvalue weighted by molar-refractivity contribution is 4.73. The van der Waals surface area contributed by atoms with Crippen molar-refractivity contribution in [2.24, 2.45) is 11.8 Å². The zero-order valence-corrected chi connectivity index (χ0v) is 9.22. The van der Waals surface area contributed by atoms with E-state index in [1.54, 1.807) is 0 Å². The van der Waals surface area contributed by atoms with Crippen LogP contribution in [-0.4, -0.2) is 25.4 Å². The highest BCUT2D eigenvalue weighted by Crippen LogP contribution is 2.26. The molecule has 0 saturated carbocycles. The van der Waals surface area contributed by atoms with Crippen molar-refractivity contribution >= 4 is 0 Å². The van der Waals surface area contributed by atoms with Crippen LogP contribution in [0.15, 0.2) is 0 Å². The molecule has 1 fully saturated rings. The third kappa shape index (κ3) is 5.67. The fourth-order valence-electron chi connectivity index (χ4n) is 1.99. The van der Waals surface area contributed by atoms with Gasteiger partial charge in [0.1, 0.15) is 0 Å². The molecule has 3 N–H and O–H groups in total. The lowest BCUT2D eigenvalue weighted by Gasteiger charge is -2.26. The van der Waals surface area contributed by atoms with Crippen LogP contribution in [0.3, 0.4) is 0 Å². The topological polar surface area (TPSA) is 47.3 Å². The Labute approximate surface area is 93.5 Å². The van der Waals surface area contributed by atoms with Crippen LogP contribution in [0.5, 0.6) is 0 Å². The van der Waals surface area contributed by atoms with Gasteiger partial charge in [0, 0.05) is 25.7 Å². The lowest BCUT2D eigenvalue weighted by Crippen LogP contribution is -2.38. The number of halogens is 3. The van der Waals surface area contributed by atoms with Crippen molar-refractivity contribution < 1.29 is 17.9 Å². The van der Waals surface area contributed by atoms with Gasteiger partial charge in [0.15, 0.2) is 0 Å². The molecule has 1 aliphatic heterocycles. The van der Waals surface area contributed by atoms with E-state index in [1.165, 1.54) is 0 Å². The summed E-state index contributed by atoms with van der Waals surface area (Å²) in [5.74, 6) is 5.70. The first kappa shape index (κ1) is 13.7. The third-order valence-corrected chi connectivity index (χ3v) is 2.97. The molecule has 1 aliphatic rings. The number of alkyl halides is 3. The summed E-state index contributed by atoms with van der Waals surface area (Å²) >= 11 is 0. The van der Waals surface area contributed by atoms with Crippen LogP contribution >= 0.6 is 0 Å². The van der Waals surface area contributed by atoms with Gasteiger partial charge in [0.2, 0.25) is 0 Å². The second-order valence-electron chi connectivity index (χ2n) is 4.31. The smallest absolute Gasteiger partial charge is 0.381 e. The van der Waals surface area contributed by atoms with Crippen LogP contribution in [0.25, 0.3) is 0 Å². The number of hydrogen-bond donors (Lipinski definition) is 2. The summed E-state index contributed by atoms with van der Waals surface area (Å²) in [6.07, 6.45) is -2.27. The van der Waals surface area contributed by atoms with Gasteiger partial charge in [-0.3, -0.25) is 11.3 Å². The van der Waals surface area contributed by atoms with Gasteiger partial charge in [-0.2, -0.15) is 13.2 Å². The molecule has 0 aromatic rings. The third-order valence-electron chi connectivity index (χ3n) is 2.97. The molecule has 0 aromatic heterocycles. The van der Waals surface area contributed by atoms with E-state index in [2.05, 4.69) is 5.43 Å². The first-order valence-corrected chi connectivity index (χ1v) is 5.62. The summed E-state index contributed by atoms with van der Waals surface area (Å²) in [7, 11) is 0. The monoisotopic (exact) mass is 240 g/mol. The van der Waals surface area contributed by atoms with E-state index in [1.807, 2.05) is 0 Å². The quantitative estimate of drug-likeness (QED) is 0.570. The Balaban J connectivity index is 2.25.